The van der Waals surface area contributed by atoms with E-state index in [1.165, 1.54) is 0 Å². The number of carbonyl (C=O) groups excluding carboxylic acids is 2. The molecule has 4 aromatic rings. The van der Waals surface area contributed by atoms with Crippen LogP contribution in [0.1, 0.15) is 53.3 Å². The molecule has 2 fully saturated rings. The summed E-state index contributed by atoms with van der Waals surface area (Å²) in [5.41, 5.74) is 8.16. The van der Waals surface area contributed by atoms with Crippen molar-refractivity contribution in [3.05, 3.63) is 77.9 Å². The first-order chi connectivity index (χ1) is 21.0. The molecule has 228 valence electrons. The highest BCUT2D eigenvalue weighted by Gasteiger charge is 2.39. The van der Waals surface area contributed by atoms with E-state index in [2.05, 4.69) is 10.3 Å². The maximum absolute atomic E-state index is 13.2. The second-order valence-corrected chi connectivity index (χ2v) is 11.3. The Morgan fingerprint density at radius 2 is 1.80 bits per heavy atom. The van der Waals surface area contributed by atoms with E-state index < -0.39 is 29.5 Å². The van der Waals surface area contributed by atoms with Crippen molar-refractivity contribution in [3.63, 3.8) is 0 Å². The minimum absolute atomic E-state index is 0.00829. The van der Waals surface area contributed by atoms with Crippen molar-refractivity contribution < 1.29 is 32.7 Å². The number of hydrogen-bond acceptors (Lipinski definition) is 6. The molecule has 1 saturated heterocycles. The van der Waals surface area contributed by atoms with Crippen LogP contribution in [0.5, 0.6) is 0 Å². The van der Waals surface area contributed by atoms with E-state index in [0.29, 0.717) is 48.3 Å². The molecule has 1 aliphatic carbocycles. The van der Waals surface area contributed by atoms with Gasteiger partial charge < -0.3 is 25.5 Å². The molecule has 0 radical (unpaired) electrons. The lowest BCUT2D eigenvalue weighted by Crippen LogP contribution is -2.34. The number of carboxylic acids is 1. The molecule has 10 nitrogen and oxygen atoms in total. The van der Waals surface area contributed by atoms with Crippen LogP contribution >= 0.6 is 0 Å². The largest absolute Gasteiger partial charge is 0.481 e. The zero-order valence-electron chi connectivity index (χ0n) is 23.4. The van der Waals surface area contributed by atoms with Crippen LogP contribution in [0.15, 0.2) is 60.9 Å². The van der Waals surface area contributed by atoms with Gasteiger partial charge in [-0.15, -0.1) is 0 Å². The van der Waals surface area contributed by atoms with Gasteiger partial charge in [-0.3, -0.25) is 14.4 Å². The van der Waals surface area contributed by atoms with Crippen LogP contribution in [0.3, 0.4) is 0 Å². The first-order valence-electron chi connectivity index (χ1n) is 14.2. The van der Waals surface area contributed by atoms with E-state index in [1.54, 1.807) is 35.2 Å². The van der Waals surface area contributed by atoms with Crippen molar-refractivity contribution >= 4 is 34.8 Å². The molecule has 0 bridgehead atoms. The van der Waals surface area contributed by atoms with E-state index in [-0.39, 0.29) is 35.7 Å². The topological polar surface area (TPSA) is 143 Å². The van der Waals surface area contributed by atoms with Gasteiger partial charge in [0.25, 0.3) is 5.91 Å². The third kappa shape index (κ3) is 5.56. The summed E-state index contributed by atoms with van der Waals surface area (Å²) < 4.78 is 41.0. The number of carboxylic acid groups (broad SMARTS) is 1. The van der Waals surface area contributed by atoms with E-state index in [1.807, 2.05) is 16.7 Å². The van der Waals surface area contributed by atoms with Gasteiger partial charge in [-0.1, -0.05) is 12.1 Å². The smallest absolute Gasteiger partial charge is 0.416 e. The summed E-state index contributed by atoms with van der Waals surface area (Å²) in [4.78, 5) is 47.8. The Balaban J connectivity index is 1.21. The van der Waals surface area contributed by atoms with Crippen LogP contribution in [0, 0.1) is 11.8 Å². The Labute approximate surface area is 249 Å². The highest BCUT2D eigenvalue weighted by Crippen LogP contribution is 2.42. The molecule has 2 aliphatic rings. The number of nitrogen functional groups attached to an aromatic ring is 1. The number of imidazole rings is 1. The molecule has 1 aromatic carbocycles. The predicted molar refractivity (Wildman–Crippen MR) is 155 cm³/mol. The fourth-order valence-corrected chi connectivity index (χ4v) is 6.18. The van der Waals surface area contributed by atoms with Gasteiger partial charge in [-0.25, -0.2) is 9.97 Å². The highest BCUT2D eigenvalue weighted by molar-refractivity contribution is 6.04. The Morgan fingerprint density at radius 3 is 2.50 bits per heavy atom. The lowest BCUT2D eigenvalue weighted by atomic mass is 10.0. The molecule has 1 saturated carbocycles. The fourth-order valence-electron chi connectivity index (χ4n) is 6.18. The average Bonchev–Trinajstić information content (AvgIpc) is 3.76. The molecule has 2 amide bonds. The summed E-state index contributed by atoms with van der Waals surface area (Å²) in [6, 6.07) is 11.7. The van der Waals surface area contributed by atoms with Gasteiger partial charge in [-0.05, 0) is 62.1 Å². The number of fused-ring (bicyclic) bond motifs is 1. The van der Waals surface area contributed by atoms with Crippen molar-refractivity contribution in [2.24, 2.45) is 11.8 Å². The van der Waals surface area contributed by atoms with Crippen molar-refractivity contribution in [3.8, 4) is 11.3 Å². The highest BCUT2D eigenvalue weighted by atomic mass is 19.4. The van der Waals surface area contributed by atoms with E-state index in [0.717, 1.165) is 30.6 Å². The van der Waals surface area contributed by atoms with Gasteiger partial charge in [0, 0.05) is 48.4 Å². The number of rotatable bonds is 6. The number of aromatic nitrogens is 3. The van der Waals surface area contributed by atoms with Crippen LogP contribution in [0.25, 0.3) is 16.8 Å². The molecule has 13 heteroatoms. The van der Waals surface area contributed by atoms with Crippen LogP contribution in [-0.4, -0.2) is 55.2 Å². The summed E-state index contributed by atoms with van der Waals surface area (Å²) in [5.74, 6) is -1.71. The van der Waals surface area contributed by atoms with E-state index >= 15 is 0 Å². The van der Waals surface area contributed by atoms with Crippen molar-refractivity contribution in [1.82, 2.24) is 19.3 Å². The summed E-state index contributed by atoms with van der Waals surface area (Å²) in [7, 11) is 0. The number of nitrogens with two attached hydrogens (primary N) is 1. The molecule has 1 aliphatic heterocycles. The van der Waals surface area contributed by atoms with Gasteiger partial charge in [0.15, 0.2) is 0 Å². The van der Waals surface area contributed by atoms with Gasteiger partial charge >= 0.3 is 12.1 Å². The van der Waals surface area contributed by atoms with Gasteiger partial charge in [0.05, 0.1) is 28.4 Å². The standard InChI is InChI=1S/C31H29F3N6O4/c32-31(33,34)22-9-11-36-24(15-22)37-28(41)18-5-3-17(4-6-18)25-26-23(35)2-1-12-40(26)27(38-25)19-7-8-20(14-19)29(42)39-13-10-21(16-39)30(43)44/h1-6,9,11-12,15,19-21H,7-8,10,13-14,16,35H2,(H,43,44)(H,36,37,41)/t19-,20+,21+/m0/s1. The first kappa shape index (κ1) is 29.1. The van der Waals surface area contributed by atoms with Crippen LogP contribution in [0.4, 0.5) is 24.7 Å². The third-order valence-corrected chi connectivity index (χ3v) is 8.47. The van der Waals surface area contributed by atoms with E-state index in [9.17, 15) is 32.7 Å². The van der Waals surface area contributed by atoms with Crippen LogP contribution in [0.2, 0.25) is 0 Å². The fraction of sp³-hybridized carbons (Fsp3) is 0.323. The molecule has 44 heavy (non-hydrogen) atoms. The van der Waals surface area contributed by atoms with Crippen LogP contribution in [-0.2, 0) is 15.8 Å². The number of pyridine rings is 2. The minimum Gasteiger partial charge on any atom is -0.481 e. The number of aliphatic carboxylic acids is 1. The molecule has 4 heterocycles. The quantitative estimate of drug-likeness (QED) is 0.278. The lowest BCUT2D eigenvalue weighted by molar-refractivity contribution is -0.142. The predicted octanol–water partition coefficient (Wildman–Crippen LogP) is 5.07. The maximum atomic E-state index is 13.2. The summed E-state index contributed by atoms with van der Waals surface area (Å²) in [5, 5.41) is 11.7. The Hall–Kier alpha value is -4.94. The van der Waals surface area contributed by atoms with Crippen molar-refractivity contribution in [2.45, 2.75) is 37.8 Å². The number of nitrogens with zero attached hydrogens (tertiary/aromatic N) is 4. The molecule has 0 unspecified atom stereocenters. The Kier molecular flexibility index (Phi) is 7.48. The first-order valence-corrected chi connectivity index (χ1v) is 14.2. The van der Waals surface area contributed by atoms with Crippen molar-refractivity contribution in [1.29, 1.82) is 0 Å². The van der Waals surface area contributed by atoms with Crippen LogP contribution < -0.4 is 11.1 Å². The molecule has 3 aromatic heterocycles. The molecule has 3 atom stereocenters. The zero-order chi connectivity index (χ0) is 31.2. The minimum atomic E-state index is -4.56. The second kappa shape index (κ2) is 11.3. The summed E-state index contributed by atoms with van der Waals surface area (Å²) >= 11 is 0. The molecular formula is C31H29F3N6O4. The SMILES string of the molecule is Nc1cccn2c([C@H]3CC[C@@H](C(=O)N4CC[C@@H](C(=O)O)C4)C3)nc(-c3ccc(C(=O)Nc4cc(C(F)(F)F)ccn4)cc3)c12. The zero-order valence-corrected chi connectivity index (χ0v) is 23.4. The van der Waals surface area contributed by atoms with Crippen molar-refractivity contribution in [2.75, 3.05) is 24.1 Å². The number of nitrogens with one attached hydrogen (secondary N) is 1. The summed E-state index contributed by atoms with van der Waals surface area (Å²) in [6.07, 6.45) is 0.756. The Morgan fingerprint density at radius 1 is 1.02 bits per heavy atom. The number of likely N-dealkylation sites (tertiary alicyclic amines) is 1. The average molecular weight is 607 g/mol. The normalized spacial score (nSPS) is 20.2. The third-order valence-electron chi connectivity index (χ3n) is 8.47. The van der Waals surface area contributed by atoms with Gasteiger partial charge in [-0.2, -0.15) is 13.2 Å². The molecular weight excluding hydrogens is 577 g/mol. The number of alkyl halides is 3. The number of carbonyl (C=O) groups is 3. The second-order valence-electron chi connectivity index (χ2n) is 11.3. The number of benzene rings is 1. The molecule has 4 N–H and O–H groups in total. The lowest BCUT2D eigenvalue weighted by Gasteiger charge is -2.20. The number of anilines is 2. The number of halogens is 3. The van der Waals surface area contributed by atoms with E-state index in [4.69, 9.17) is 10.7 Å². The summed E-state index contributed by atoms with van der Waals surface area (Å²) in [6.45, 7) is 0.696. The van der Waals surface area contributed by atoms with Gasteiger partial charge in [0.1, 0.15) is 11.6 Å². The Bertz CT molecular complexity index is 1750. The number of hydrogen-bond donors (Lipinski definition) is 3. The molecule has 6 rings (SSSR count). The maximum Gasteiger partial charge on any atom is 0.416 e. The molecule has 0 spiro atoms. The van der Waals surface area contributed by atoms with Gasteiger partial charge in [0.2, 0.25) is 5.91 Å². The monoisotopic (exact) mass is 606 g/mol. The number of amides is 2.